The Kier molecular flexibility index (Phi) is 7.95. The third kappa shape index (κ3) is 7.28. The van der Waals surface area contributed by atoms with Crippen LogP contribution >= 0.6 is 0 Å². The molecule has 0 atom stereocenters. The summed E-state index contributed by atoms with van der Waals surface area (Å²) < 4.78 is 28.4. The van der Waals surface area contributed by atoms with Gasteiger partial charge in [0.25, 0.3) is 0 Å². The number of rotatable bonds is 9. The summed E-state index contributed by atoms with van der Waals surface area (Å²) in [4.78, 5) is 0. The second-order valence-electron chi connectivity index (χ2n) is 5.39. The molecule has 0 aliphatic heterocycles. The summed E-state index contributed by atoms with van der Waals surface area (Å²) in [5.74, 6) is 0.498. The Hall–Kier alpha value is -0.130. The van der Waals surface area contributed by atoms with Crippen molar-refractivity contribution < 1.29 is 13.2 Å². The molecule has 1 saturated carbocycles. The SMILES string of the molecule is CCCNC1CCC(OCCCS(=O)(=O)CC)CC1. The molecule has 0 amide bonds. The first-order valence-electron chi connectivity index (χ1n) is 7.62. The van der Waals surface area contributed by atoms with Crippen molar-refractivity contribution in [3.8, 4) is 0 Å². The molecule has 0 unspecified atom stereocenters. The molecule has 1 aliphatic rings. The Balaban J connectivity index is 2.06. The van der Waals surface area contributed by atoms with Gasteiger partial charge in [-0.3, -0.25) is 0 Å². The number of hydrogen-bond donors (Lipinski definition) is 1. The molecule has 0 heterocycles. The van der Waals surface area contributed by atoms with Crippen LogP contribution in [0, 0.1) is 0 Å². The molecule has 0 radical (unpaired) electrons. The summed E-state index contributed by atoms with van der Waals surface area (Å²) in [6, 6.07) is 0.653. The zero-order valence-electron chi connectivity index (χ0n) is 12.4. The van der Waals surface area contributed by atoms with E-state index in [0.29, 0.717) is 25.2 Å². The van der Waals surface area contributed by atoms with Crippen molar-refractivity contribution in [2.45, 2.75) is 64.5 Å². The number of ether oxygens (including phenoxy) is 1. The Morgan fingerprint density at radius 1 is 1.16 bits per heavy atom. The van der Waals surface area contributed by atoms with Crippen molar-refractivity contribution in [1.29, 1.82) is 0 Å². The summed E-state index contributed by atoms with van der Waals surface area (Å²) in [5.41, 5.74) is 0. The van der Waals surface area contributed by atoms with Crippen LogP contribution < -0.4 is 5.32 Å². The van der Waals surface area contributed by atoms with Crippen LogP contribution in [0.2, 0.25) is 0 Å². The Labute approximate surface area is 118 Å². The summed E-state index contributed by atoms with van der Waals surface area (Å²) in [7, 11) is -2.83. The molecule has 19 heavy (non-hydrogen) atoms. The molecule has 0 aromatic rings. The van der Waals surface area contributed by atoms with Gasteiger partial charge in [-0.15, -0.1) is 0 Å². The van der Waals surface area contributed by atoms with Crippen molar-refractivity contribution in [2.24, 2.45) is 0 Å². The second kappa shape index (κ2) is 8.93. The minimum atomic E-state index is -2.83. The predicted octanol–water partition coefficient (Wildman–Crippen LogP) is 2.14. The van der Waals surface area contributed by atoms with Crippen molar-refractivity contribution in [3.05, 3.63) is 0 Å². The summed E-state index contributed by atoms with van der Waals surface area (Å²) in [6.45, 7) is 5.56. The second-order valence-corrected chi connectivity index (χ2v) is 7.86. The fourth-order valence-corrected chi connectivity index (χ4v) is 3.30. The molecule has 4 nitrogen and oxygen atoms in total. The maximum atomic E-state index is 11.3. The highest BCUT2D eigenvalue weighted by atomic mass is 32.2. The van der Waals surface area contributed by atoms with Crippen LogP contribution in [0.25, 0.3) is 0 Å². The van der Waals surface area contributed by atoms with E-state index in [2.05, 4.69) is 12.2 Å². The average molecular weight is 291 g/mol. The molecule has 0 bridgehead atoms. The van der Waals surface area contributed by atoms with Crippen LogP contribution in [0.3, 0.4) is 0 Å². The first-order valence-corrected chi connectivity index (χ1v) is 9.45. The third-order valence-corrected chi connectivity index (χ3v) is 5.54. The van der Waals surface area contributed by atoms with Gasteiger partial charge in [-0.25, -0.2) is 8.42 Å². The van der Waals surface area contributed by atoms with Crippen molar-refractivity contribution >= 4 is 9.84 Å². The van der Waals surface area contributed by atoms with Crippen LogP contribution in [0.5, 0.6) is 0 Å². The maximum absolute atomic E-state index is 11.3. The van der Waals surface area contributed by atoms with E-state index in [9.17, 15) is 8.42 Å². The van der Waals surface area contributed by atoms with Crippen LogP contribution in [0.4, 0.5) is 0 Å². The smallest absolute Gasteiger partial charge is 0.150 e. The summed E-state index contributed by atoms with van der Waals surface area (Å²) in [5, 5.41) is 3.55. The molecule has 114 valence electrons. The van der Waals surface area contributed by atoms with Crippen molar-refractivity contribution in [3.63, 3.8) is 0 Å². The standard InChI is InChI=1S/C14H29NO3S/c1-3-10-15-13-6-8-14(9-7-13)18-11-5-12-19(16,17)4-2/h13-15H,3-12H2,1-2H3. The molecular formula is C14H29NO3S. The Morgan fingerprint density at radius 2 is 1.84 bits per heavy atom. The van der Waals surface area contributed by atoms with Crippen LogP contribution in [0.15, 0.2) is 0 Å². The minimum Gasteiger partial charge on any atom is -0.378 e. The first-order chi connectivity index (χ1) is 9.07. The third-order valence-electron chi connectivity index (χ3n) is 3.75. The van der Waals surface area contributed by atoms with Gasteiger partial charge in [-0.2, -0.15) is 0 Å². The Bertz CT molecular complexity index is 322. The molecule has 1 rings (SSSR count). The largest absolute Gasteiger partial charge is 0.378 e. The zero-order chi connectivity index (χ0) is 14.1. The van der Waals surface area contributed by atoms with E-state index in [1.165, 1.54) is 19.3 Å². The van der Waals surface area contributed by atoms with Gasteiger partial charge in [0.2, 0.25) is 0 Å². The average Bonchev–Trinajstić information content (AvgIpc) is 2.42. The highest BCUT2D eigenvalue weighted by Gasteiger charge is 2.20. The first kappa shape index (κ1) is 16.9. The lowest BCUT2D eigenvalue weighted by Crippen LogP contribution is -2.35. The molecule has 0 spiro atoms. The van der Waals surface area contributed by atoms with Gasteiger partial charge in [-0.1, -0.05) is 13.8 Å². The fraction of sp³-hybridized carbons (Fsp3) is 1.00. The summed E-state index contributed by atoms with van der Waals surface area (Å²) in [6.07, 6.45) is 6.70. The summed E-state index contributed by atoms with van der Waals surface area (Å²) >= 11 is 0. The lowest BCUT2D eigenvalue weighted by molar-refractivity contribution is 0.0232. The maximum Gasteiger partial charge on any atom is 0.150 e. The lowest BCUT2D eigenvalue weighted by Gasteiger charge is -2.29. The molecule has 1 fully saturated rings. The van der Waals surface area contributed by atoms with E-state index >= 15 is 0 Å². The van der Waals surface area contributed by atoms with E-state index in [1.54, 1.807) is 6.92 Å². The van der Waals surface area contributed by atoms with Gasteiger partial charge < -0.3 is 10.1 Å². The van der Waals surface area contributed by atoms with Gasteiger partial charge in [-0.05, 0) is 45.1 Å². The predicted molar refractivity (Wildman–Crippen MR) is 79.2 cm³/mol. The van der Waals surface area contributed by atoms with E-state index in [0.717, 1.165) is 19.4 Å². The molecule has 0 saturated heterocycles. The van der Waals surface area contributed by atoms with E-state index < -0.39 is 9.84 Å². The minimum absolute atomic E-state index is 0.237. The van der Waals surface area contributed by atoms with Crippen molar-refractivity contribution in [1.82, 2.24) is 5.32 Å². The Morgan fingerprint density at radius 3 is 2.42 bits per heavy atom. The van der Waals surface area contributed by atoms with Gasteiger partial charge in [0.15, 0.2) is 0 Å². The van der Waals surface area contributed by atoms with Gasteiger partial charge >= 0.3 is 0 Å². The number of nitrogens with one attached hydrogen (secondary N) is 1. The van der Waals surface area contributed by atoms with Crippen LogP contribution in [0.1, 0.15) is 52.4 Å². The van der Waals surface area contributed by atoms with Gasteiger partial charge in [0.1, 0.15) is 9.84 Å². The van der Waals surface area contributed by atoms with Gasteiger partial charge in [0, 0.05) is 18.4 Å². The molecule has 5 heteroatoms. The molecule has 1 N–H and O–H groups in total. The molecular weight excluding hydrogens is 262 g/mol. The molecule has 0 aromatic carbocycles. The molecule has 1 aliphatic carbocycles. The van der Waals surface area contributed by atoms with Crippen LogP contribution in [-0.4, -0.2) is 45.2 Å². The number of sulfone groups is 1. The van der Waals surface area contributed by atoms with E-state index in [4.69, 9.17) is 4.74 Å². The topological polar surface area (TPSA) is 55.4 Å². The highest BCUT2D eigenvalue weighted by Crippen LogP contribution is 2.21. The van der Waals surface area contributed by atoms with E-state index in [1.807, 2.05) is 0 Å². The lowest BCUT2D eigenvalue weighted by atomic mass is 9.93. The molecule has 0 aromatic heterocycles. The zero-order valence-corrected chi connectivity index (χ0v) is 13.2. The highest BCUT2D eigenvalue weighted by molar-refractivity contribution is 7.91. The van der Waals surface area contributed by atoms with Gasteiger partial charge in [0.05, 0.1) is 11.9 Å². The van der Waals surface area contributed by atoms with Crippen LogP contribution in [-0.2, 0) is 14.6 Å². The number of hydrogen-bond acceptors (Lipinski definition) is 4. The van der Waals surface area contributed by atoms with Crippen molar-refractivity contribution in [2.75, 3.05) is 24.7 Å². The van der Waals surface area contributed by atoms with E-state index in [-0.39, 0.29) is 11.5 Å². The fourth-order valence-electron chi connectivity index (χ4n) is 2.46. The quantitative estimate of drug-likeness (QED) is 0.661. The normalized spacial score (nSPS) is 24.5. The monoisotopic (exact) mass is 291 g/mol.